The van der Waals surface area contributed by atoms with E-state index < -0.39 is 0 Å². The van der Waals surface area contributed by atoms with Crippen molar-refractivity contribution in [3.63, 3.8) is 0 Å². The Morgan fingerprint density at radius 1 is 0.354 bits per heavy atom. The summed E-state index contributed by atoms with van der Waals surface area (Å²) in [5.41, 5.74) is 2.79. The lowest BCUT2D eigenvalue weighted by molar-refractivity contribution is 0.100. The van der Waals surface area contributed by atoms with E-state index >= 15 is 0 Å². The van der Waals surface area contributed by atoms with Crippen molar-refractivity contribution in [2.75, 3.05) is 28.4 Å². The number of methoxy groups -OCH3 is 4. The Kier molecular flexibility index (Phi) is 15.8. The van der Waals surface area contributed by atoms with E-state index in [4.69, 9.17) is 18.9 Å². The van der Waals surface area contributed by atoms with Crippen molar-refractivity contribution in [2.45, 2.75) is 27.7 Å². The van der Waals surface area contributed by atoms with E-state index in [-0.39, 0.29) is 23.1 Å². The average molecular weight is 651 g/mol. The van der Waals surface area contributed by atoms with Crippen LogP contribution in [-0.4, -0.2) is 51.6 Å². The third-order valence-electron chi connectivity index (χ3n) is 6.92. The van der Waals surface area contributed by atoms with Crippen LogP contribution in [0.4, 0.5) is 0 Å². The van der Waals surface area contributed by atoms with Gasteiger partial charge in [-0.25, -0.2) is 0 Å². The van der Waals surface area contributed by atoms with Gasteiger partial charge in [0, 0.05) is 22.3 Å². The van der Waals surface area contributed by atoms with Crippen LogP contribution in [0.3, 0.4) is 0 Å². The molecular weight excluding hydrogens is 608 g/mol. The van der Waals surface area contributed by atoms with E-state index in [0.29, 0.717) is 22.3 Å². The summed E-state index contributed by atoms with van der Waals surface area (Å²) in [5, 5.41) is 1.97. The molecule has 0 aliphatic rings. The molecule has 0 bridgehead atoms. The molecule has 0 spiro atoms. The molecule has 250 valence electrons. The summed E-state index contributed by atoms with van der Waals surface area (Å²) >= 11 is 0. The largest absolute Gasteiger partial charge is 0.497 e. The second-order valence-corrected chi connectivity index (χ2v) is 10.3. The predicted molar refractivity (Wildman–Crippen MR) is 189 cm³/mol. The molecule has 0 saturated heterocycles. The van der Waals surface area contributed by atoms with Crippen molar-refractivity contribution < 1.29 is 38.1 Å². The fraction of sp³-hybridized carbons (Fsp3) is 0.200. The summed E-state index contributed by atoms with van der Waals surface area (Å²) in [6, 6.07) is 32.6. The van der Waals surface area contributed by atoms with Gasteiger partial charge in [-0.1, -0.05) is 36.4 Å². The fourth-order valence-corrected chi connectivity index (χ4v) is 4.06. The van der Waals surface area contributed by atoms with Crippen molar-refractivity contribution >= 4 is 33.9 Å². The Morgan fingerprint density at radius 2 is 0.667 bits per heavy atom. The minimum absolute atomic E-state index is 0.0533. The number of hydrogen-bond donors (Lipinski definition) is 0. The molecule has 0 aliphatic heterocycles. The molecule has 8 nitrogen and oxygen atoms in total. The van der Waals surface area contributed by atoms with Crippen LogP contribution < -0.4 is 18.9 Å². The lowest BCUT2D eigenvalue weighted by Crippen LogP contribution is -1.93. The third kappa shape index (κ3) is 12.6. The number of benzene rings is 5. The zero-order valence-electron chi connectivity index (χ0n) is 28.7. The molecule has 0 N–H and O–H groups in total. The Hall–Kier alpha value is -5.76. The van der Waals surface area contributed by atoms with Gasteiger partial charge in [0.2, 0.25) is 0 Å². The maximum Gasteiger partial charge on any atom is 0.159 e. The van der Waals surface area contributed by atoms with Gasteiger partial charge in [0.25, 0.3) is 0 Å². The van der Waals surface area contributed by atoms with E-state index in [1.54, 1.807) is 104 Å². The number of carbonyl (C=O) groups is 4. The van der Waals surface area contributed by atoms with Crippen molar-refractivity contribution in [2.24, 2.45) is 0 Å². The van der Waals surface area contributed by atoms with E-state index in [9.17, 15) is 19.2 Å². The van der Waals surface area contributed by atoms with Crippen LogP contribution in [0.1, 0.15) is 69.1 Å². The molecule has 48 heavy (non-hydrogen) atoms. The molecule has 5 rings (SSSR count). The topological polar surface area (TPSA) is 105 Å². The second kappa shape index (κ2) is 19.7. The number of hydrogen-bond acceptors (Lipinski definition) is 8. The summed E-state index contributed by atoms with van der Waals surface area (Å²) < 4.78 is 19.8. The highest BCUT2D eigenvalue weighted by atomic mass is 16.5. The molecule has 5 aromatic carbocycles. The highest BCUT2D eigenvalue weighted by Gasteiger charge is 2.04. The lowest BCUT2D eigenvalue weighted by atomic mass is 10.0. The first-order chi connectivity index (χ1) is 22.9. The molecule has 0 radical (unpaired) electrons. The molecule has 8 heteroatoms. The molecule has 0 aromatic heterocycles. The number of Topliss-reactive ketones (excluding diaryl/α,β-unsaturated/α-hetero) is 4. The Morgan fingerprint density at radius 3 is 1.00 bits per heavy atom. The van der Waals surface area contributed by atoms with Crippen molar-refractivity contribution in [1.29, 1.82) is 0 Å². The second-order valence-electron chi connectivity index (χ2n) is 10.3. The molecule has 0 amide bonds. The SMILES string of the molecule is CC(=O)c1ccc2cc(C(C)=O)ccc2c1.COc1ccc(C(C)=O)cc1.COc1ccc(OC)cc1.COc1cccc(C(C)=O)c1. The van der Waals surface area contributed by atoms with Gasteiger partial charge < -0.3 is 18.9 Å². The van der Waals surface area contributed by atoms with Gasteiger partial charge in [0.15, 0.2) is 23.1 Å². The van der Waals surface area contributed by atoms with Gasteiger partial charge in [-0.3, -0.25) is 19.2 Å². The summed E-state index contributed by atoms with van der Waals surface area (Å²) in [6.45, 7) is 6.17. The van der Waals surface area contributed by atoms with Gasteiger partial charge in [-0.15, -0.1) is 0 Å². The lowest BCUT2D eigenvalue weighted by Gasteiger charge is -2.02. The third-order valence-corrected chi connectivity index (χ3v) is 6.92. The Labute approximate surface area is 282 Å². The summed E-state index contributed by atoms with van der Waals surface area (Å²) in [6.07, 6.45) is 0. The van der Waals surface area contributed by atoms with Crippen molar-refractivity contribution in [1.82, 2.24) is 0 Å². The number of ether oxygens (including phenoxy) is 4. The van der Waals surface area contributed by atoms with Gasteiger partial charge in [-0.05, 0) is 111 Å². The summed E-state index contributed by atoms with van der Waals surface area (Å²) in [7, 11) is 6.46. The van der Waals surface area contributed by atoms with Crippen LogP contribution in [0.25, 0.3) is 10.8 Å². The first-order valence-electron chi connectivity index (χ1n) is 15.0. The highest BCUT2D eigenvalue weighted by Crippen LogP contribution is 2.19. The molecule has 0 aliphatic carbocycles. The number of carbonyl (C=O) groups excluding carboxylic acids is 4. The normalized spacial score (nSPS) is 9.58. The van der Waals surface area contributed by atoms with Crippen molar-refractivity contribution in [3.05, 3.63) is 131 Å². The van der Waals surface area contributed by atoms with Gasteiger partial charge >= 0.3 is 0 Å². The molecule has 0 atom stereocenters. The zero-order chi connectivity index (χ0) is 35.6. The molecule has 0 fully saturated rings. The summed E-state index contributed by atoms with van der Waals surface area (Å²) in [5.74, 6) is 3.43. The predicted octanol–water partition coefficient (Wildman–Crippen LogP) is 8.74. The molecule has 0 unspecified atom stereocenters. The molecule has 5 aromatic rings. The van der Waals surface area contributed by atoms with E-state index in [1.807, 2.05) is 54.6 Å². The van der Waals surface area contributed by atoms with E-state index in [2.05, 4.69) is 0 Å². The van der Waals surface area contributed by atoms with Gasteiger partial charge in [0.1, 0.15) is 23.0 Å². The van der Waals surface area contributed by atoms with Crippen LogP contribution in [-0.2, 0) is 0 Å². The first kappa shape index (κ1) is 38.4. The standard InChI is InChI=1S/C14H12O2.2C9H10O2.C8H10O2/c1-9(15)11-3-5-14-8-12(10(2)16)4-6-13(14)7-11;1-7(10)8-3-5-9(11-2)6-4-8;1-7(10)8-4-3-5-9(6-8)11-2;1-9-7-3-5-8(10-2)6-4-7/h3-8H,1-2H3;2*3-6H,1-2H3;3-6H,1-2H3. The van der Waals surface area contributed by atoms with Crippen molar-refractivity contribution in [3.8, 4) is 23.0 Å². The average Bonchev–Trinajstić information content (AvgIpc) is 3.11. The Balaban J connectivity index is 0.000000227. The van der Waals surface area contributed by atoms with E-state index in [1.165, 1.54) is 6.92 Å². The van der Waals surface area contributed by atoms with Crippen LogP contribution >= 0.6 is 0 Å². The minimum Gasteiger partial charge on any atom is -0.497 e. The molecular formula is C40H42O8. The number of rotatable bonds is 8. The maximum absolute atomic E-state index is 11.2. The minimum atomic E-state index is 0.0533. The summed E-state index contributed by atoms with van der Waals surface area (Å²) in [4.78, 5) is 44.1. The number of ketones is 4. The molecule has 0 saturated carbocycles. The quantitative estimate of drug-likeness (QED) is 0.154. The van der Waals surface area contributed by atoms with Gasteiger partial charge in [0.05, 0.1) is 28.4 Å². The smallest absolute Gasteiger partial charge is 0.159 e. The zero-order valence-corrected chi connectivity index (χ0v) is 28.7. The van der Waals surface area contributed by atoms with Crippen LogP contribution in [0.15, 0.2) is 109 Å². The van der Waals surface area contributed by atoms with Crippen LogP contribution in [0.2, 0.25) is 0 Å². The highest BCUT2D eigenvalue weighted by molar-refractivity contribution is 6.01. The maximum atomic E-state index is 11.2. The van der Waals surface area contributed by atoms with Gasteiger partial charge in [-0.2, -0.15) is 0 Å². The first-order valence-corrected chi connectivity index (χ1v) is 15.0. The number of fused-ring (bicyclic) bond motifs is 1. The van der Waals surface area contributed by atoms with E-state index in [0.717, 1.165) is 33.8 Å². The Bertz CT molecular complexity index is 1730. The molecule has 0 heterocycles. The monoisotopic (exact) mass is 650 g/mol. The van der Waals surface area contributed by atoms with Crippen LogP contribution in [0.5, 0.6) is 23.0 Å². The fourth-order valence-electron chi connectivity index (χ4n) is 4.06. The van der Waals surface area contributed by atoms with Crippen LogP contribution in [0, 0.1) is 0 Å².